The molecule has 0 heterocycles. The number of nitrogens with one attached hydrogen (secondary N) is 1. The number of nitrogen functional groups attached to an aromatic ring is 1. The van der Waals surface area contributed by atoms with Gasteiger partial charge >= 0.3 is 5.97 Å². The Morgan fingerprint density at radius 3 is 2.65 bits per heavy atom. The van der Waals surface area contributed by atoms with Gasteiger partial charge in [-0.05, 0) is 18.2 Å². The number of anilines is 1. The lowest BCUT2D eigenvalue weighted by atomic mass is 10.2. The van der Waals surface area contributed by atoms with Crippen LogP contribution in [-0.4, -0.2) is 51.0 Å². The van der Waals surface area contributed by atoms with Crippen LogP contribution in [0.25, 0.3) is 0 Å². The quantitative estimate of drug-likeness (QED) is 0.486. The van der Waals surface area contributed by atoms with Crippen molar-refractivity contribution < 1.29 is 28.2 Å². The van der Waals surface area contributed by atoms with Gasteiger partial charge in [0.1, 0.15) is 0 Å². The number of benzene rings is 1. The molecule has 0 bridgehead atoms. The molecule has 1 aromatic rings. The molecule has 8 nitrogen and oxygen atoms in total. The molecule has 0 aliphatic heterocycles. The van der Waals surface area contributed by atoms with E-state index in [2.05, 4.69) is 4.72 Å². The zero-order chi connectivity index (χ0) is 15.3. The summed E-state index contributed by atoms with van der Waals surface area (Å²) in [5, 5.41) is 18.1. The van der Waals surface area contributed by atoms with Crippen molar-refractivity contribution in [3.8, 4) is 0 Å². The Morgan fingerprint density at radius 2 is 2.15 bits per heavy atom. The van der Waals surface area contributed by atoms with Gasteiger partial charge in [0, 0.05) is 12.8 Å². The Kier molecular flexibility index (Phi) is 5.45. The number of hydrogen-bond donors (Lipinski definition) is 4. The van der Waals surface area contributed by atoms with Crippen molar-refractivity contribution in [2.24, 2.45) is 0 Å². The molecule has 0 aromatic heterocycles. The SMILES string of the molecule is COCC(CO)NS(=O)(=O)c1ccc(N)cc1C(=O)O. The Balaban J connectivity index is 3.18. The number of aromatic carboxylic acids is 1. The Hall–Kier alpha value is -1.68. The molecule has 0 amide bonds. The topological polar surface area (TPSA) is 139 Å². The van der Waals surface area contributed by atoms with Gasteiger partial charge in [0.15, 0.2) is 0 Å². The standard InChI is InChI=1S/C11H16N2O6S/c1-19-6-8(5-14)13-20(17,18)10-3-2-7(12)4-9(10)11(15)16/h2-4,8,13-14H,5-6,12H2,1H3,(H,15,16). The molecule has 1 aromatic carbocycles. The summed E-state index contributed by atoms with van der Waals surface area (Å²) in [7, 11) is -2.76. The summed E-state index contributed by atoms with van der Waals surface area (Å²) in [5.41, 5.74) is 5.14. The van der Waals surface area contributed by atoms with E-state index in [-0.39, 0.29) is 12.3 Å². The molecule has 0 radical (unpaired) electrons. The first-order valence-electron chi connectivity index (χ1n) is 5.56. The van der Waals surface area contributed by atoms with Gasteiger partial charge in [-0.2, -0.15) is 0 Å². The molecule has 0 aliphatic rings. The van der Waals surface area contributed by atoms with Crippen molar-refractivity contribution in [1.82, 2.24) is 4.72 Å². The van der Waals surface area contributed by atoms with Gasteiger partial charge in [0.05, 0.1) is 29.7 Å². The molecule has 1 unspecified atom stereocenters. The lowest BCUT2D eigenvalue weighted by Gasteiger charge is -2.16. The average molecular weight is 304 g/mol. The molecule has 0 fully saturated rings. The highest BCUT2D eigenvalue weighted by atomic mass is 32.2. The number of carboxylic acids is 1. The van der Waals surface area contributed by atoms with Crippen LogP contribution in [0.15, 0.2) is 23.1 Å². The normalized spacial score (nSPS) is 13.1. The van der Waals surface area contributed by atoms with Crippen LogP contribution < -0.4 is 10.5 Å². The van der Waals surface area contributed by atoms with Crippen molar-refractivity contribution in [3.05, 3.63) is 23.8 Å². The minimum absolute atomic E-state index is 0.0485. The first kappa shape index (κ1) is 16.4. The van der Waals surface area contributed by atoms with Gasteiger partial charge in [0.25, 0.3) is 0 Å². The lowest BCUT2D eigenvalue weighted by molar-refractivity contribution is 0.0692. The molecule has 0 saturated carbocycles. The molecule has 9 heteroatoms. The van der Waals surface area contributed by atoms with Crippen LogP contribution in [0.1, 0.15) is 10.4 Å². The third kappa shape index (κ3) is 3.90. The van der Waals surface area contributed by atoms with E-state index in [0.717, 1.165) is 12.1 Å². The number of carbonyl (C=O) groups is 1. The van der Waals surface area contributed by atoms with Crippen LogP contribution in [0.2, 0.25) is 0 Å². The summed E-state index contributed by atoms with van der Waals surface area (Å²) >= 11 is 0. The fourth-order valence-corrected chi connectivity index (χ4v) is 2.95. The molecule has 0 aliphatic carbocycles. The summed E-state index contributed by atoms with van der Waals surface area (Å²) < 4.78 is 31.2. The molecule has 20 heavy (non-hydrogen) atoms. The Bertz CT molecular complexity index is 587. The van der Waals surface area contributed by atoms with E-state index in [1.807, 2.05) is 0 Å². The highest BCUT2D eigenvalue weighted by Gasteiger charge is 2.25. The highest BCUT2D eigenvalue weighted by Crippen LogP contribution is 2.19. The Labute approximate surface area is 116 Å². The second kappa shape index (κ2) is 6.66. The maximum absolute atomic E-state index is 12.1. The lowest BCUT2D eigenvalue weighted by Crippen LogP contribution is -2.41. The third-order valence-corrected chi connectivity index (χ3v) is 4.01. The maximum atomic E-state index is 12.1. The van der Waals surface area contributed by atoms with Crippen LogP contribution >= 0.6 is 0 Å². The van der Waals surface area contributed by atoms with Crippen molar-refractivity contribution in [2.45, 2.75) is 10.9 Å². The summed E-state index contributed by atoms with van der Waals surface area (Å²) in [5.74, 6) is -1.41. The molecule has 0 spiro atoms. The van der Waals surface area contributed by atoms with Gasteiger partial charge in [-0.25, -0.2) is 17.9 Å². The third-order valence-electron chi connectivity index (χ3n) is 2.43. The van der Waals surface area contributed by atoms with E-state index in [4.69, 9.17) is 20.7 Å². The van der Waals surface area contributed by atoms with Crippen molar-refractivity contribution in [3.63, 3.8) is 0 Å². The number of sulfonamides is 1. The number of ether oxygens (including phenoxy) is 1. The van der Waals surface area contributed by atoms with E-state index >= 15 is 0 Å². The second-order valence-corrected chi connectivity index (χ2v) is 5.70. The number of nitrogens with two attached hydrogens (primary N) is 1. The number of aliphatic hydroxyl groups excluding tert-OH is 1. The number of carboxylic acid groups (broad SMARTS) is 1. The van der Waals surface area contributed by atoms with Crippen LogP contribution in [0, 0.1) is 0 Å². The fourth-order valence-electron chi connectivity index (χ4n) is 1.56. The van der Waals surface area contributed by atoms with Crippen LogP contribution in [0.3, 0.4) is 0 Å². The zero-order valence-electron chi connectivity index (χ0n) is 10.7. The van der Waals surface area contributed by atoms with Gasteiger partial charge in [0.2, 0.25) is 10.0 Å². The zero-order valence-corrected chi connectivity index (χ0v) is 11.6. The van der Waals surface area contributed by atoms with E-state index in [1.54, 1.807) is 0 Å². The predicted octanol–water partition coefficient (Wildman–Crippen LogP) is -0.747. The predicted molar refractivity (Wildman–Crippen MR) is 70.9 cm³/mol. The largest absolute Gasteiger partial charge is 0.478 e. The maximum Gasteiger partial charge on any atom is 0.337 e. The van der Waals surface area contributed by atoms with Crippen molar-refractivity contribution in [2.75, 3.05) is 26.1 Å². The first-order chi connectivity index (χ1) is 9.31. The van der Waals surface area contributed by atoms with Crippen LogP contribution in [-0.2, 0) is 14.8 Å². The van der Waals surface area contributed by atoms with Crippen molar-refractivity contribution >= 4 is 21.7 Å². The Morgan fingerprint density at radius 1 is 1.50 bits per heavy atom. The van der Waals surface area contributed by atoms with E-state index in [0.29, 0.717) is 0 Å². The van der Waals surface area contributed by atoms with Gasteiger partial charge in [-0.3, -0.25) is 0 Å². The number of aliphatic hydroxyl groups is 1. The molecule has 5 N–H and O–H groups in total. The molecular formula is C11H16N2O6S. The fraction of sp³-hybridized carbons (Fsp3) is 0.364. The van der Waals surface area contributed by atoms with Gasteiger partial charge in [-0.1, -0.05) is 0 Å². The van der Waals surface area contributed by atoms with Crippen molar-refractivity contribution in [1.29, 1.82) is 0 Å². The van der Waals surface area contributed by atoms with Crippen LogP contribution in [0.4, 0.5) is 5.69 Å². The highest BCUT2D eigenvalue weighted by molar-refractivity contribution is 7.89. The van der Waals surface area contributed by atoms with E-state index in [9.17, 15) is 13.2 Å². The monoisotopic (exact) mass is 304 g/mol. The van der Waals surface area contributed by atoms with Gasteiger partial charge < -0.3 is 20.7 Å². The summed E-state index contributed by atoms with van der Waals surface area (Å²) in [6, 6.07) is 2.57. The number of hydrogen-bond acceptors (Lipinski definition) is 6. The second-order valence-electron chi connectivity index (χ2n) is 4.02. The average Bonchev–Trinajstić information content (AvgIpc) is 2.37. The minimum Gasteiger partial charge on any atom is -0.478 e. The van der Waals surface area contributed by atoms with E-state index in [1.165, 1.54) is 13.2 Å². The smallest absolute Gasteiger partial charge is 0.337 e. The van der Waals surface area contributed by atoms with Crippen LogP contribution in [0.5, 0.6) is 0 Å². The molecule has 1 atom stereocenters. The molecular weight excluding hydrogens is 288 g/mol. The molecule has 0 saturated heterocycles. The van der Waals surface area contributed by atoms with Gasteiger partial charge in [-0.15, -0.1) is 0 Å². The molecule has 1 rings (SSSR count). The first-order valence-corrected chi connectivity index (χ1v) is 7.05. The van der Waals surface area contributed by atoms with E-state index < -0.39 is 39.1 Å². The summed E-state index contributed by atoms with van der Waals surface area (Å²) in [6.45, 7) is -0.530. The number of rotatable bonds is 7. The summed E-state index contributed by atoms with van der Waals surface area (Å²) in [6.07, 6.45) is 0. The number of methoxy groups -OCH3 is 1. The summed E-state index contributed by atoms with van der Waals surface area (Å²) in [4.78, 5) is 10.7. The molecule has 112 valence electrons. The minimum atomic E-state index is -4.11.